The van der Waals surface area contributed by atoms with Gasteiger partial charge in [-0.15, -0.1) is 0 Å². The third kappa shape index (κ3) is 4.90. The van der Waals surface area contributed by atoms with Gasteiger partial charge in [-0.3, -0.25) is 9.59 Å². The Kier molecular flexibility index (Phi) is 6.92. The molecule has 1 heterocycles. The smallest absolute Gasteiger partial charge is 0.253 e. The summed E-state index contributed by atoms with van der Waals surface area (Å²) in [6.45, 7) is 2.90. The molecule has 0 saturated carbocycles. The van der Waals surface area contributed by atoms with Crippen molar-refractivity contribution >= 4 is 11.8 Å². The van der Waals surface area contributed by atoms with E-state index in [0.717, 1.165) is 5.56 Å². The predicted molar refractivity (Wildman–Crippen MR) is 111 cm³/mol. The van der Waals surface area contributed by atoms with Crippen LogP contribution in [0.15, 0.2) is 42.5 Å². The maximum absolute atomic E-state index is 13.1. The summed E-state index contributed by atoms with van der Waals surface area (Å²) in [6, 6.07) is 11.0. The van der Waals surface area contributed by atoms with E-state index in [0.29, 0.717) is 43.0 Å². The lowest BCUT2D eigenvalue weighted by Crippen LogP contribution is -2.43. The van der Waals surface area contributed by atoms with Gasteiger partial charge in [0, 0.05) is 24.6 Å². The van der Waals surface area contributed by atoms with E-state index in [2.05, 4.69) is 5.32 Å². The molecule has 0 aliphatic carbocycles. The molecule has 0 aromatic heterocycles. The number of halogens is 1. The fourth-order valence-corrected chi connectivity index (χ4v) is 3.66. The number of likely N-dealkylation sites (tertiary alicyclic amines) is 1. The highest BCUT2D eigenvalue weighted by atomic mass is 19.1. The maximum Gasteiger partial charge on any atom is 0.253 e. The van der Waals surface area contributed by atoms with Crippen LogP contribution in [0.3, 0.4) is 0 Å². The molecule has 2 amide bonds. The number of hydrogen-bond donors (Lipinski definition) is 1. The van der Waals surface area contributed by atoms with Gasteiger partial charge in [-0.2, -0.15) is 0 Å². The Hall–Kier alpha value is -3.09. The topological polar surface area (TPSA) is 67.9 Å². The van der Waals surface area contributed by atoms with Crippen LogP contribution in [0.1, 0.15) is 41.7 Å². The second-order valence-corrected chi connectivity index (χ2v) is 7.42. The van der Waals surface area contributed by atoms with Gasteiger partial charge in [-0.05, 0) is 55.7 Å². The van der Waals surface area contributed by atoms with E-state index in [1.807, 2.05) is 6.92 Å². The number of nitrogens with one attached hydrogen (secondary N) is 1. The molecule has 0 unspecified atom stereocenters. The minimum atomic E-state index is -0.302. The Morgan fingerprint density at radius 3 is 2.27 bits per heavy atom. The Morgan fingerprint density at radius 1 is 1.03 bits per heavy atom. The van der Waals surface area contributed by atoms with Crippen LogP contribution >= 0.6 is 0 Å². The average molecular weight is 414 g/mol. The fourth-order valence-electron chi connectivity index (χ4n) is 3.66. The highest BCUT2D eigenvalue weighted by Crippen LogP contribution is 2.29. The van der Waals surface area contributed by atoms with Crippen molar-refractivity contribution in [1.29, 1.82) is 0 Å². The fraction of sp³-hybridized carbons (Fsp3) is 0.391. The second kappa shape index (κ2) is 9.61. The van der Waals surface area contributed by atoms with E-state index in [1.165, 1.54) is 19.2 Å². The third-order valence-electron chi connectivity index (χ3n) is 5.51. The van der Waals surface area contributed by atoms with Crippen molar-refractivity contribution in [3.63, 3.8) is 0 Å². The normalized spacial score (nSPS) is 15.4. The van der Waals surface area contributed by atoms with Crippen LogP contribution in [0.4, 0.5) is 4.39 Å². The zero-order chi connectivity index (χ0) is 21.7. The van der Waals surface area contributed by atoms with Crippen LogP contribution in [-0.2, 0) is 4.79 Å². The monoisotopic (exact) mass is 414 g/mol. The molecule has 1 fully saturated rings. The van der Waals surface area contributed by atoms with Gasteiger partial charge in [0.25, 0.3) is 5.91 Å². The van der Waals surface area contributed by atoms with E-state index in [1.54, 1.807) is 42.3 Å². The number of rotatable bonds is 6. The molecule has 3 rings (SSSR count). The summed E-state index contributed by atoms with van der Waals surface area (Å²) in [5, 5.41) is 2.99. The quantitative estimate of drug-likeness (QED) is 0.785. The Balaban J connectivity index is 1.55. The van der Waals surface area contributed by atoms with E-state index in [-0.39, 0.29) is 29.6 Å². The van der Waals surface area contributed by atoms with Crippen molar-refractivity contribution in [3.05, 3.63) is 59.4 Å². The lowest BCUT2D eigenvalue weighted by Gasteiger charge is -2.32. The van der Waals surface area contributed by atoms with Crippen LogP contribution in [0.25, 0.3) is 0 Å². The molecule has 0 radical (unpaired) electrons. The predicted octanol–water partition coefficient (Wildman–Crippen LogP) is 3.57. The number of nitrogens with zero attached hydrogens (tertiary/aromatic N) is 1. The molecule has 0 spiro atoms. The number of methoxy groups -OCH3 is 2. The van der Waals surface area contributed by atoms with E-state index in [9.17, 15) is 14.0 Å². The first-order valence-corrected chi connectivity index (χ1v) is 10.00. The number of benzene rings is 2. The molecule has 2 aromatic carbocycles. The van der Waals surface area contributed by atoms with Crippen LogP contribution < -0.4 is 14.8 Å². The summed E-state index contributed by atoms with van der Waals surface area (Å²) < 4.78 is 23.6. The summed E-state index contributed by atoms with van der Waals surface area (Å²) in [4.78, 5) is 27.2. The minimum absolute atomic E-state index is 0.0370. The SMILES string of the molecule is COc1ccc(C(=O)N2CCC(C(=O)N[C@@H](C)c3ccc(F)cc3)CC2)cc1OC. The van der Waals surface area contributed by atoms with Gasteiger partial charge in [0.05, 0.1) is 20.3 Å². The lowest BCUT2D eigenvalue weighted by atomic mass is 9.94. The highest BCUT2D eigenvalue weighted by molar-refractivity contribution is 5.95. The van der Waals surface area contributed by atoms with E-state index < -0.39 is 0 Å². The number of hydrogen-bond acceptors (Lipinski definition) is 4. The van der Waals surface area contributed by atoms with Gasteiger partial charge in [-0.25, -0.2) is 4.39 Å². The lowest BCUT2D eigenvalue weighted by molar-refractivity contribution is -0.126. The summed E-state index contributed by atoms with van der Waals surface area (Å²) >= 11 is 0. The summed E-state index contributed by atoms with van der Waals surface area (Å²) in [5.41, 5.74) is 1.38. The van der Waals surface area contributed by atoms with E-state index >= 15 is 0 Å². The van der Waals surface area contributed by atoms with Gasteiger partial charge in [0.15, 0.2) is 11.5 Å². The molecule has 7 heteroatoms. The third-order valence-corrected chi connectivity index (χ3v) is 5.51. The standard InChI is InChI=1S/C23H27FN2O4/c1-15(16-4-7-19(24)8-5-16)25-22(27)17-10-12-26(13-11-17)23(28)18-6-9-20(29-2)21(14-18)30-3/h4-9,14-15,17H,10-13H2,1-3H3,(H,25,27)/t15-/m0/s1. The molecular weight excluding hydrogens is 387 g/mol. The molecule has 1 atom stereocenters. The molecule has 2 aromatic rings. The van der Waals surface area contributed by atoms with Crippen molar-refractivity contribution < 1.29 is 23.5 Å². The number of carbonyl (C=O) groups is 2. The highest BCUT2D eigenvalue weighted by Gasteiger charge is 2.29. The number of ether oxygens (including phenoxy) is 2. The van der Waals surface area contributed by atoms with E-state index in [4.69, 9.17) is 9.47 Å². The summed E-state index contributed by atoms with van der Waals surface area (Å²) in [5.74, 6) is 0.498. The van der Waals surface area contributed by atoms with Crippen LogP contribution in [0.2, 0.25) is 0 Å². The zero-order valence-electron chi connectivity index (χ0n) is 17.5. The van der Waals surface area contributed by atoms with Crippen molar-refractivity contribution in [2.24, 2.45) is 5.92 Å². The van der Waals surface area contributed by atoms with Crippen molar-refractivity contribution in [2.45, 2.75) is 25.8 Å². The van der Waals surface area contributed by atoms with Crippen LogP contribution in [-0.4, -0.2) is 44.0 Å². The van der Waals surface area contributed by atoms with Gasteiger partial charge < -0.3 is 19.7 Å². The van der Waals surface area contributed by atoms with Crippen LogP contribution in [0.5, 0.6) is 11.5 Å². The van der Waals surface area contributed by atoms with Crippen LogP contribution in [0, 0.1) is 11.7 Å². The molecule has 30 heavy (non-hydrogen) atoms. The Labute approximate surface area is 176 Å². The summed E-state index contributed by atoms with van der Waals surface area (Å²) in [7, 11) is 3.08. The number of piperidine rings is 1. The zero-order valence-corrected chi connectivity index (χ0v) is 17.5. The molecule has 1 aliphatic rings. The molecule has 6 nitrogen and oxygen atoms in total. The molecule has 0 bridgehead atoms. The van der Waals surface area contributed by atoms with Gasteiger partial charge >= 0.3 is 0 Å². The van der Waals surface area contributed by atoms with Gasteiger partial charge in [0.2, 0.25) is 5.91 Å². The molecule has 1 saturated heterocycles. The van der Waals surface area contributed by atoms with Crippen molar-refractivity contribution in [3.8, 4) is 11.5 Å². The first-order valence-electron chi connectivity index (χ1n) is 10.00. The van der Waals surface area contributed by atoms with Gasteiger partial charge in [-0.1, -0.05) is 12.1 Å². The Bertz CT molecular complexity index is 893. The number of carbonyl (C=O) groups excluding carboxylic acids is 2. The van der Waals surface area contributed by atoms with Crippen molar-refractivity contribution in [2.75, 3.05) is 27.3 Å². The molecular formula is C23H27FN2O4. The molecule has 1 aliphatic heterocycles. The number of amides is 2. The maximum atomic E-state index is 13.1. The Morgan fingerprint density at radius 2 is 1.67 bits per heavy atom. The first kappa shape index (κ1) is 21.6. The van der Waals surface area contributed by atoms with Gasteiger partial charge in [0.1, 0.15) is 5.82 Å². The molecule has 1 N–H and O–H groups in total. The second-order valence-electron chi connectivity index (χ2n) is 7.42. The van der Waals surface area contributed by atoms with Crippen molar-refractivity contribution in [1.82, 2.24) is 10.2 Å². The average Bonchev–Trinajstić information content (AvgIpc) is 2.78. The first-order chi connectivity index (χ1) is 14.4. The largest absolute Gasteiger partial charge is 0.493 e. The molecule has 160 valence electrons. The minimum Gasteiger partial charge on any atom is -0.493 e. The summed E-state index contributed by atoms with van der Waals surface area (Å²) in [6.07, 6.45) is 1.20.